The van der Waals surface area contributed by atoms with Crippen molar-refractivity contribution in [3.8, 4) is 17.0 Å². The van der Waals surface area contributed by atoms with Gasteiger partial charge < -0.3 is 25.0 Å². The van der Waals surface area contributed by atoms with Gasteiger partial charge >= 0.3 is 6.18 Å². The van der Waals surface area contributed by atoms with E-state index in [-0.39, 0.29) is 42.8 Å². The van der Waals surface area contributed by atoms with Crippen molar-refractivity contribution in [3.63, 3.8) is 0 Å². The van der Waals surface area contributed by atoms with Crippen LogP contribution in [0.2, 0.25) is 0 Å². The third-order valence-electron chi connectivity index (χ3n) is 5.99. The molecule has 1 aromatic carbocycles. The number of aliphatic hydroxyl groups excluding tert-OH is 1. The van der Waals surface area contributed by atoms with E-state index in [4.69, 9.17) is 14.4 Å². The molecule has 0 aliphatic rings. The second kappa shape index (κ2) is 11.3. The van der Waals surface area contributed by atoms with E-state index in [0.717, 1.165) is 19.9 Å². The van der Waals surface area contributed by atoms with Crippen molar-refractivity contribution in [1.82, 2.24) is 24.9 Å². The summed E-state index contributed by atoms with van der Waals surface area (Å²) in [7, 11) is 1.45. The Morgan fingerprint density at radius 2 is 1.88 bits per heavy atom. The Morgan fingerprint density at radius 3 is 2.50 bits per heavy atom. The summed E-state index contributed by atoms with van der Waals surface area (Å²) in [6.45, 7) is 2.04. The fourth-order valence-electron chi connectivity index (χ4n) is 3.52. The molecule has 1 amide bonds. The number of hydrogen-bond acceptors (Lipinski definition) is 9. The number of halogens is 4. The van der Waals surface area contributed by atoms with Gasteiger partial charge in [0.2, 0.25) is 11.9 Å². The van der Waals surface area contributed by atoms with Gasteiger partial charge in [0.05, 0.1) is 32.9 Å². The highest BCUT2D eigenvalue weighted by Gasteiger charge is 2.51. The van der Waals surface area contributed by atoms with Gasteiger partial charge in [-0.2, -0.15) is 13.2 Å². The first-order valence-corrected chi connectivity index (χ1v) is 11.8. The summed E-state index contributed by atoms with van der Waals surface area (Å²) in [4.78, 5) is 20.8. The molecular weight excluding hydrogens is 538 g/mol. The van der Waals surface area contributed by atoms with E-state index in [2.05, 4.69) is 30.9 Å². The monoisotopic (exact) mass is 563 g/mol. The fourth-order valence-corrected chi connectivity index (χ4v) is 3.52. The lowest BCUT2D eigenvalue weighted by Crippen LogP contribution is -2.35. The van der Waals surface area contributed by atoms with Crippen molar-refractivity contribution in [3.05, 3.63) is 60.0 Å². The first-order chi connectivity index (χ1) is 18.9. The van der Waals surface area contributed by atoms with Crippen LogP contribution in [-0.2, 0) is 23.2 Å². The largest absolute Gasteiger partial charge is 0.478 e. The van der Waals surface area contributed by atoms with Gasteiger partial charge in [0.1, 0.15) is 16.9 Å². The Kier molecular flexibility index (Phi) is 8.04. The van der Waals surface area contributed by atoms with Crippen molar-refractivity contribution >= 4 is 23.4 Å². The van der Waals surface area contributed by atoms with Crippen LogP contribution in [0, 0.1) is 5.82 Å². The predicted octanol–water partition coefficient (Wildman–Crippen LogP) is 4.23. The predicted molar refractivity (Wildman–Crippen MR) is 134 cm³/mol. The molecular formula is C25H25F4N7O4. The minimum absolute atomic E-state index is 0.0618. The number of carbonyl (C=O) groups is 1. The standard InChI is InChI=1S/C25H25F4N7O4/c1-24(2,25(27,28)29)19-10-20(35-40-19)33-21(38)9-15-5-4-14(8-17(15)26)16-11-30-23(31-12-16)32-18-13-36(6-7-37)34-22(18)39-3/h4-5,8,10-13,37H,6-7,9H2,1-3H3,(H,30,31,32)(H,33,35,38). The van der Waals surface area contributed by atoms with Crippen molar-refractivity contribution in [1.29, 1.82) is 0 Å². The highest BCUT2D eigenvalue weighted by Crippen LogP contribution is 2.41. The molecule has 0 fully saturated rings. The molecule has 0 aliphatic heterocycles. The summed E-state index contributed by atoms with van der Waals surface area (Å²) < 4.78 is 65.9. The normalized spacial score (nSPS) is 11.9. The molecule has 11 nitrogen and oxygen atoms in total. The van der Waals surface area contributed by atoms with E-state index in [0.29, 0.717) is 16.8 Å². The third-order valence-corrected chi connectivity index (χ3v) is 5.99. The van der Waals surface area contributed by atoms with Crippen molar-refractivity contribution < 1.29 is 36.7 Å². The maximum atomic E-state index is 14.8. The van der Waals surface area contributed by atoms with Crippen molar-refractivity contribution in [2.45, 2.75) is 38.4 Å². The van der Waals surface area contributed by atoms with E-state index in [1.165, 1.54) is 36.3 Å². The summed E-state index contributed by atoms with van der Waals surface area (Å²) in [5.41, 5.74) is -0.794. The van der Waals surface area contributed by atoms with E-state index in [1.807, 2.05) is 0 Å². The molecule has 4 aromatic rings. The van der Waals surface area contributed by atoms with Gasteiger partial charge in [0.25, 0.3) is 5.88 Å². The Labute approximate surface area is 225 Å². The summed E-state index contributed by atoms with van der Waals surface area (Å²) in [6, 6.07) is 5.20. The second-order valence-electron chi connectivity index (χ2n) is 9.19. The first-order valence-electron chi connectivity index (χ1n) is 11.8. The lowest BCUT2D eigenvalue weighted by atomic mass is 9.89. The van der Waals surface area contributed by atoms with Crippen LogP contribution in [0.5, 0.6) is 5.88 Å². The first kappa shape index (κ1) is 28.5. The summed E-state index contributed by atoms with van der Waals surface area (Å²) >= 11 is 0. The van der Waals surface area contributed by atoms with E-state index in [1.54, 1.807) is 12.3 Å². The zero-order valence-electron chi connectivity index (χ0n) is 21.6. The number of methoxy groups -OCH3 is 1. The number of nitrogens with zero attached hydrogens (tertiary/aromatic N) is 5. The Morgan fingerprint density at radius 1 is 1.15 bits per heavy atom. The molecule has 40 heavy (non-hydrogen) atoms. The quantitative estimate of drug-likeness (QED) is 0.242. The summed E-state index contributed by atoms with van der Waals surface area (Å²) in [5, 5.41) is 22.0. The maximum Gasteiger partial charge on any atom is 0.401 e. The molecule has 0 atom stereocenters. The zero-order chi connectivity index (χ0) is 29.1. The number of amides is 1. The summed E-state index contributed by atoms with van der Waals surface area (Å²) in [6.07, 6.45) is -0.389. The number of anilines is 3. The van der Waals surface area contributed by atoms with Crippen LogP contribution in [0.1, 0.15) is 25.2 Å². The molecule has 0 saturated heterocycles. The molecule has 212 valence electrons. The number of rotatable bonds is 10. The van der Waals surface area contributed by atoms with Crippen LogP contribution < -0.4 is 15.4 Å². The second-order valence-corrected chi connectivity index (χ2v) is 9.19. The highest BCUT2D eigenvalue weighted by molar-refractivity contribution is 5.91. The minimum atomic E-state index is -4.58. The minimum Gasteiger partial charge on any atom is -0.478 e. The average Bonchev–Trinajstić information content (AvgIpc) is 3.52. The topological polar surface area (TPSA) is 140 Å². The number of alkyl halides is 3. The Balaban J connectivity index is 1.40. The zero-order valence-corrected chi connectivity index (χ0v) is 21.6. The van der Waals surface area contributed by atoms with Gasteiger partial charge in [-0.3, -0.25) is 9.48 Å². The van der Waals surface area contributed by atoms with E-state index >= 15 is 0 Å². The van der Waals surface area contributed by atoms with E-state index in [9.17, 15) is 22.4 Å². The molecule has 0 radical (unpaired) electrons. The van der Waals surface area contributed by atoms with Gasteiger partial charge in [-0.1, -0.05) is 17.3 Å². The highest BCUT2D eigenvalue weighted by atomic mass is 19.4. The van der Waals surface area contributed by atoms with Gasteiger partial charge in [-0.25, -0.2) is 14.4 Å². The summed E-state index contributed by atoms with van der Waals surface area (Å²) in [5.74, 6) is -1.52. The maximum absolute atomic E-state index is 14.8. The number of ether oxygens (including phenoxy) is 1. The van der Waals surface area contributed by atoms with E-state index < -0.39 is 29.1 Å². The molecule has 0 spiro atoms. The SMILES string of the molecule is COc1nn(CCO)cc1Nc1ncc(-c2ccc(CC(=O)Nc3cc(C(C)(C)C(F)(F)F)on3)c(F)c2)cn1. The van der Waals surface area contributed by atoms with Gasteiger partial charge in [0, 0.05) is 24.0 Å². The van der Waals surface area contributed by atoms with Crippen LogP contribution >= 0.6 is 0 Å². The van der Waals surface area contributed by atoms with Crippen LogP contribution in [0.15, 0.2) is 47.4 Å². The third kappa shape index (κ3) is 6.20. The number of benzene rings is 1. The number of aliphatic hydroxyl groups is 1. The molecule has 3 N–H and O–H groups in total. The smallest absolute Gasteiger partial charge is 0.401 e. The fraction of sp³-hybridized carbons (Fsp3) is 0.320. The lowest BCUT2D eigenvalue weighted by molar-refractivity contribution is -0.185. The molecule has 0 saturated carbocycles. The molecule has 4 rings (SSSR count). The van der Waals surface area contributed by atoms with Crippen LogP contribution in [0.25, 0.3) is 11.1 Å². The van der Waals surface area contributed by atoms with Gasteiger partial charge in [-0.15, -0.1) is 5.10 Å². The number of aromatic nitrogens is 5. The molecule has 0 unspecified atom stereocenters. The van der Waals surface area contributed by atoms with Crippen LogP contribution in [0.3, 0.4) is 0 Å². The average molecular weight is 564 g/mol. The van der Waals surface area contributed by atoms with Crippen LogP contribution in [-0.4, -0.2) is 55.8 Å². The lowest BCUT2D eigenvalue weighted by Gasteiger charge is -2.24. The molecule has 15 heteroatoms. The molecule has 3 heterocycles. The van der Waals surface area contributed by atoms with Crippen molar-refractivity contribution in [2.24, 2.45) is 0 Å². The van der Waals surface area contributed by atoms with Gasteiger partial charge in [0.15, 0.2) is 11.6 Å². The number of hydrogen-bond donors (Lipinski definition) is 3. The number of carbonyl (C=O) groups excluding carboxylic acids is 1. The Hall–Kier alpha value is -4.53. The molecule has 3 aromatic heterocycles. The molecule has 0 bridgehead atoms. The van der Waals surface area contributed by atoms with Gasteiger partial charge in [-0.05, 0) is 31.0 Å². The van der Waals surface area contributed by atoms with Crippen LogP contribution in [0.4, 0.5) is 35.0 Å². The Bertz CT molecular complexity index is 1480. The van der Waals surface area contributed by atoms with Crippen molar-refractivity contribution in [2.75, 3.05) is 24.4 Å². The number of nitrogens with one attached hydrogen (secondary N) is 2. The molecule has 0 aliphatic carbocycles.